The molecule has 12 heteroatoms. The number of anilines is 2. The predicted molar refractivity (Wildman–Crippen MR) is 159 cm³/mol. The number of halogens is 1. The number of thiazole rings is 1. The van der Waals surface area contributed by atoms with E-state index in [4.69, 9.17) is 20.8 Å². The molecule has 0 radical (unpaired) electrons. The topological polar surface area (TPSA) is 84.0 Å². The highest BCUT2D eigenvalue weighted by molar-refractivity contribution is 8.01. The number of rotatable bonds is 6. The van der Waals surface area contributed by atoms with Gasteiger partial charge in [-0.05, 0) is 48.3 Å². The molecule has 38 heavy (non-hydrogen) atoms. The van der Waals surface area contributed by atoms with Gasteiger partial charge in [0.2, 0.25) is 0 Å². The monoisotopic (exact) mass is 596 g/mol. The largest absolute Gasteiger partial charge is 0.453 e. The molecule has 2 atom stereocenters. The first-order chi connectivity index (χ1) is 17.7. The van der Waals surface area contributed by atoms with Crippen molar-refractivity contribution in [1.82, 2.24) is 9.88 Å². The van der Waals surface area contributed by atoms with Gasteiger partial charge in [0, 0.05) is 47.6 Å². The fourth-order valence-corrected chi connectivity index (χ4v) is 8.13. The van der Waals surface area contributed by atoms with Gasteiger partial charge in [0.05, 0.1) is 17.5 Å². The molecule has 3 amide bonds. The Labute approximate surface area is 239 Å². The van der Waals surface area contributed by atoms with Crippen LogP contribution in [0.4, 0.5) is 20.4 Å². The SMILES string of the molecule is COC(=O)N1CCC2(C1)CN(C(=O)Nc1ncc(SC(C)CO[Si](C)(C)C(C)(C)C)s1)c1ccc(Cl)cc12. The van der Waals surface area contributed by atoms with Gasteiger partial charge in [-0.2, -0.15) is 0 Å². The zero-order chi connectivity index (χ0) is 27.9. The number of ether oxygens (including phenoxy) is 1. The van der Waals surface area contributed by atoms with E-state index in [2.05, 4.69) is 51.1 Å². The maximum Gasteiger partial charge on any atom is 0.409 e. The summed E-state index contributed by atoms with van der Waals surface area (Å²) < 4.78 is 12.3. The second-order valence-corrected chi connectivity index (χ2v) is 19.6. The minimum absolute atomic E-state index is 0.174. The number of urea groups is 1. The highest BCUT2D eigenvalue weighted by Gasteiger charge is 2.50. The van der Waals surface area contributed by atoms with Crippen LogP contribution in [0, 0.1) is 0 Å². The molecule has 8 nitrogen and oxygen atoms in total. The van der Waals surface area contributed by atoms with Crippen molar-refractivity contribution in [2.75, 3.05) is 43.6 Å². The third-order valence-corrected chi connectivity index (χ3v) is 14.7. The van der Waals surface area contributed by atoms with E-state index in [1.54, 1.807) is 33.8 Å². The summed E-state index contributed by atoms with van der Waals surface area (Å²) in [5.74, 6) is 0. The van der Waals surface area contributed by atoms with Crippen LogP contribution in [0.15, 0.2) is 28.6 Å². The molecule has 1 N–H and O–H groups in total. The van der Waals surface area contributed by atoms with Crippen molar-refractivity contribution in [1.29, 1.82) is 0 Å². The number of thioether (sulfide) groups is 1. The Bertz CT molecular complexity index is 1200. The molecular formula is C26H37ClN4O4S2Si. The van der Waals surface area contributed by atoms with Gasteiger partial charge >= 0.3 is 12.1 Å². The average Bonchev–Trinajstić information content (AvgIpc) is 3.55. The molecule has 1 aromatic carbocycles. The van der Waals surface area contributed by atoms with Crippen LogP contribution in [0.3, 0.4) is 0 Å². The first-order valence-electron chi connectivity index (χ1n) is 12.7. The molecule has 1 saturated heterocycles. The predicted octanol–water partition coefficient (Wildman–Crippen LogP) is 7.06. The van der Waals surface area contributed by atoms with E-state index in [0.29, 0.717) is 36.4 Å². The van der Waals surface area contributed by atoms with Gasteiger partial charge in [0.15, 0.2) is 13.4 Å². The molecule has 1 fully saturated rings. The lowest BCUT2D eigenvalue weighted by Gasteiger charge is -2.36. The van der Waals surface area contributed by atoms with E-state index < -0.39 is 8.32 Å². The molecule has 3 heterocycles. The summed E-state index contributed by atoms with van der Waals surface area (Å²) in [5, 5.41) is 4.58. The molecule has 0 bridgehead atoms. The second-order valence-electron chi connectivity index (χ2n) is 11.6. The Hall–Kier alpha value is -1.79. The number of nitrogens with zero attached hydrogens (tertiary/aromatic N) is 3. The number of benzene rings is 1. The number of methoxy groups -OCH3 is 1. The van der Waals surface area contributed by atoms with Crippen LogP contribution in [0.5, 0.6) is 0 Å². The van der Waals surface area contributed by atoms with Gasteiger partial charge in [0.25, 0.3) is 0 Å². The summed E-state index contributed by atoms with van der Waals surface area (Å²) in [4.78, 5) is 33.5. The van der Waals surface area contributed by atoms with E-state index in [1.165, 1.54) is 18.4 Å². The lowest BCUT2D eigenvalue weighted by Crippen LogP contribution is -2.42. The summed E-state index contributed by atoms with van der Waals surface area (Å²) in [7, 11) is -0.417. The number of likely N-dealkylation sites (tertiary alicyclic amines) is 1. The van der Waals surface area contributed by atoms with Crippen molar-refractivity contribution in [3.05, 3.63) is 35.0 Å². The molecule has 2 aliphatic heterocycles. The number of nitrogens with one attached hydrogen (secondary N) is 1. The first kappa shape index (κ1) is 29.2. The summed E-state index contributed by atoms with van der Waals surface area (Å²) in [6.07, 6.45) is 2.18. The highest BCUT2D eigenvalue weighted by Crippen LogP contribution is 2.47. The second kappa shape index (κ2) is 11.0. The minimum atomic E-state index is -1.80. The van der Waals surface area contributed by atoms with Crippen LogP contribution in [-0.2, 0) is 14.6 Å². The molecule has 1 spiro atoms. The van der Waals surface area contributed by atoms with Crippen molar-refractivity contribution < 1.29 is 18.8 Å². The lowest BCUT2D eigenvalue weighted by molar-refractivity contribution is 0.131. The van der Waals surface area contributed by atoms with E-state index >= 15 is 0 Å². The number of amides is 3. The van der Waals surface area contributed by atoms with E-state index in [9.17, 15) is 9.59 Å². The summed E-state index contributed by atoms with van der Waals surface area (Å²) in [5.41, 5.74) is 1.41. The van der Waals surface area contributed by atoms with Gasteiger partial charge in [0.1, 0.15) is 0 Å². The quantitative estimate of drug-likeness (QED) is 0.284. The fourth-order valence-electron chi connectivity index (χ4n) is 4.63. The third kappa shape index (κ3) is 6.01. The fraction of sp³-hybridized carbons (Fsp3) is 0.577. The highest BCUT2D eigenvalue weighted by atomic mass is 35.5. The Balaban J connectivity index is 1.41. The molecule has 2 aromatic rings. The van der Waals surface area contributed by atoms with Crippen LogP contribution in [0.25, 0.3) is 0 Å². The zero-order valence-electron chi connectivity index (χ0n) is 23.1. The summed E-state index contributed by atoms with van der Waals surface area (Å²) in [6.45, 7) is 15.6. The number of hydrogen-bond acceptors (Lipinski definition) is 7. The van der Waals surface area contributed by atoms with Crippen molar-refractivity contribution in [3.63, 3.8) is 0 Å². The third-order valence-electron chi connectivity index (χ3n) is 7.81. The lowest BCUT2D eigenvalue weighted by atomic mass is 9.81. The average molecular weight is 597 g/mol. The van der Waals surface area contributed by atoms with Crippen molar-refractivity contribution >= 4 is 66.0 Å². The number of fused-ring (bicyclic) bond motifs is 2. The number of carbonyl (C=O) groups excluding carboxylic acids is 2. The Morgan fingerprint density at radius 1 is 1.32 bits per heavy atom. The number of carbonyl (C=O) groups is 2. The van der Waals surface area contributed by atoms with Crippen LogP contribution in [0.2, 0.25) is 23.2 Å². The Kier molecular flexibility index (Phi) is 8.45. The van der Waals surface area contributed by atoms with Crippen LogP contribution in [-0.4, -0.2) is 68.9 Å². The first-order valence-corrected chi connectivity index (χ1v) is 17.7. The molecular weight excluding hydrogens is 560 g/mol. The molecule has 0 saturated carbocycles. The smallest absolute Gasteiger partial charge is 0.409 e. The standard InChI is InChI=1S/C26H37ClN4O4S2Si/c1-17(14-35-38(6,7)25(2,3)4)36-21-13-28-22(37-21)29-23(32)31-16-26(10-11-30(15-26)24(33)34-5)19-12-18(27)8-9-20(19)31/h8-9,12-13,17H,10-11,14-16H2,1-7H3,(H,28,29,32). The van der Waals surface area contributed by atoms with Crippen LogP contribution >= 0.6 is 34.7 Å². The van der Waals surface area contributed by atoms with Crippen LogP contribution in [0.1, 0.15) is 39.7 Å². The maximum absolute atomic E-state index is 13.4. The minimum Gasteiger partial charge on any atom is -0.453 e. The maximum atomic E-state index is 13.4. The molecule has 0 aliphatic carbocycles. The zero-order valence-corrected chi connectivity index (χ0v) is 26.5. The van der Waals surface area contributed by atoms with Gasteiger partial charge in [-0.25, -0.2) is 14.6 Å². The normalized spacial score (nSPS) is 20.1. The van der Waals surface area contributed by atoms with Gasteiger partial charge < -0.3 is 14.1 Å². The summed E-state index contributed by atoms with van der Waals surface area (Å²) >= 11 is 9.51. The molecule has 2 unspecified atom stereocenters. The molecule has 2 aliphatic rings. The molecule has 1 aromatic heterocycles. The van der Waals surface area contributed by atoms with Gasteiger partial charge in [-0.1, -0.05) is 50.6 Å². The van der Waals surface area contributed by atoms with Crippen molar-refractivity contribution in [2.24, 2.45) is 0 Å². The van der Waals surface area contributed by atoms with E-state index in [-0.39, 0.29) is 27.8 Å². The Morgan fingerprint density at radius 3 is 2.74 bits per heavy atom. The van der Waals surface area contributed by atoms with Crippen molar-refractivity contribution in [3.8, 4) is 0 Å². The van der Waals surface area contributed by atoms with Gasteiger partial charge in [-0.3, -0.25) is 10.2 Å². The van der Waals surface area contributed by atoms with Crippen LogP contribution < -0.4 is 10.2 Å². The van der Waals surface area contributed by atoms with Crippen molar-refractivity contribution in [2.45, 2.75) is 67.1 Å². The number of hydrogen-bond donors (Lipinski definition) is 1. The summed E-state index contributed by atoms with van der Waals surface area (Å²) in [6, 6.07) is 5.33. The Morgan fingerprint density at radius 2 is 2.05 bits per heavy atom. The molecule has 4 rings (SSSR count). The number of aromatic nitrogens is 1. The van der Waals surface area contributed by atoms with Gasteiger partial charge in [-0.15, -0.1) is 11.8 Å². The van der Waals surface area contributed by atoms with E-state index in [0.717, 1.165) is 21.9 Å². The van der Waals surface area contributed by atoms with E-state index in [1.807, 2.05) is 12.1 Å². The molecule has 208 valence electrons.